The number of phenols is 1. The van der Waals surface area contributed by atoms with Gasteiger partial charge in [0.25, 0.3) is 0 Å². The highest BCUT2D eigenvalue weighted by molar-refractivity contribution is 5.72. The van der Waals surface area contributed by atoms with Crippen LogP contribution in [0.15, 0.2) is 36.4 Å². The topological polar surface area (TPSA) is 20.2 Å². The van der Waals surface area contributed by atoms with Crippen molar-refractivity contribution >= 4 is 0 Å². The monoisotopic (exact) mass is 254 g/mol. The molecule has 0 aliphatic rings. The zero-order valence-corrected chi connectivity index (χ0v) is 12.0. The van der Waals surface area contributed by atoms with Gasteiger partial charge in [0, 0.05) is 0 Å². The Balaban J connectivity index is 2.60. The van der Waals surface area contributed by atoms with Gasteiger partial charge < -0.3 is 5.11 Å². The minimum Gasteiger partial charge on any atom is -0.508 e. The summed E-state index contributed by atoms with van der Waals surface area (Å²) in [4.78, 5) is 0. The summed E-state index contributed by atoms with van der Waals surface area (Å²) in [6.07, 6.45) is 3.06. The molecule has 0 saturated carbocycles. The zero-order chi connectivity index (χ0) is 13.8. The molecule has 0 atom stereocenters. The Kier molecular flexibility index (Phi) is 4.26. The maximum absolute atomic E-state index is 9.76. The predicted octanol–water partition coefficient (Wildman–Crippen LogP) is 4.75. The lowest BCUT2D eigenvalue weighted by Gasteiger charge is -2.14. The van der Waals surface area contributed by atoms with E-state index in [9.17, 15) is 5.11 Å². The van der Waals surface area contributed by atoms with Crippen molar-refractivity contribution in [1.29, 1.82) is 0 Å². The van der Waals surface area contributed by atoms with Crippen molar-refractivity contribution in [1.82, 2.24) is 0 Å². The minimum absolute atomic E-state index is 0.342. The highest BCUT2D eigenvalue weighted by atomic mass is 16.3. The predicted molar refractivity (Wildman–Crippen MR) is 81.7 cm³/mol. The van der Waals surface area contributed by atoms with E-state index in [0.717, 1.165) is 19.3 Å². The largest absolute Gasteiger partial charge is 0.508 e. The molecule has 0 aromatic heterocycles. The molecular formula is C18H22O. The lowest BCUT2D eigenvalue weighted by molar-refractivity contribution is 0.475. The first-order valence-electron chi connectivity index (χ1n) is 7.13. The molecule has 0 saturated heterocycles. The smallest absolute Gasteiger partial charge is 0.116 e. The fourth-order valence-electron chi connectivity index (χ4n) is 2.55. The van der Waals surface area contributed by atoms with Crippen LogP contribution in [0, 0.1) is 0 Å². The van der Waals surface area contributed by atoms with Gasteiger partial charge in [-0.25, -0.2) is 0 Å². The van der Waals surface area contributed by atoms with Gasteiger partial charge in [-0.3, -0.25) is 0 Å². The molecule has 2 rings (SSSR count). The van der Waals surface area contributed by atoms with E-state index in [1.54, 1.807) is 6.07 Å². The van der Waals surface area contributed by atoms with Crippen LogP contribution in [0.4, 0.5) is 0 Å². The van der Waals surface area contributed by atoms with Crippen molar-refractivity contribution in [3.8, 4) is 16.9 Å². The summed E-state index contributed by atoms with van der Waals surface area (Å²) in [7, 11) is 0. The average Bonchev–Trinajstić information content (AvgIpc) is 2.46. The van der Waals surface area contributed by atoms with E-state index >= 15 is 0 Å². The Morgan fingerprint density at radius 2 is 1.47 bits per heavy atom. The average molecular weight is 254 g/mol. The SMILES string of the molecule is CCc1ccc(-c2cc(O)ccc2CC)c(CC)c1. The minimum atomic E-state index is 0.342. The Morgan fingerprint density at radius 1 is 0.737 bits per heavy atom. The maximum atomic E-state index is 9.76. The Labute approximate surface area is 115 Å². The Morgan fingerprint density at radius 3 is 2.11 bits per heavy atom. The van der Waals surface area contributed by atoms with Crippen LogP contribution in [0.5, 0.6) is 5.75 Å². The lowest BCUT2D eigenvalue weighted by atomic mass is 9.91. The van der Waals surface area contributed by atoms with Crippen molar-refractivity contribution in [3.63, 3.8) is 0 Å². The van der Waals surface area contributed by atoms with Crippen molar-refractivity contribution in [2.75, 3.05) is 0 Å². The molecule has 0 unspecified atom stereocenters. The van der Waals surface area contributed by atoms with Gasteiger partial charge in [0.2, 0.25) is 0 Å². The van der Waals surface area contributed by atoms with Crippen LogP contribution in [0.3, 0.4) is 0 Å². The van der Waals surface area contributed by atoms with E-state index in [1.807, 2.05) is 12.1 Å². The highest BCUT2D eigenvalue weighted by Crippen LogP contribution is 2.31. The molecule has 0 bridgehead atoms. The second-order valence-electron chi connectivity index (χ2n) is 4.89. The molecule has 2 aromatic rings. The molecule has 2 aromatic carbocycles. The number of phenolic OH excluding ortho intramolecular Hbond substituents is 1. The number of benzene rings is 2. The fourth-order valence-corrected chi connectivity index (χ4v) is 2.55. The van der Waals surface area contributed by atoms with Gasteiger partial charge in [-0.05, 0) is 59.2 Å². The summed E-state index contributed by atoms with van der Waals surface area (Å²) in [6, 6.07) is 12.4. The summed E-state index contributed by atoms with van der Waals surface area (Å²) < 4.78 is 0. The molecule has 0 amide bonds. The van der Waals surface area contributed by atoms with E-state index in [1.165, 1.54) is 27.8 Å². The normalized spacial score (nSPS) is 10.7. The van der Waals surface area contributed by atoms with Gasteiger partial charge in [0.05, 0.1) is 0 Å². The van der Waals surface area contributed by atoms with Gasteiger partial charge in [0.1, 0.15) is 5.75 Å². The summed E-state index contributed by atoms with van der Waals surface area (Å²) in [6.45, 7) is 6.52. The molecule has 100 valence electrons. The second-order valence-corrected chi connectivity index (χ2v) is 4.89. The third-order valence-corrected chi connectivity index (χ3v) is 3.72. The van der Waals surface area contributed by atoms with Crippen LogP contribution in [-0.4, -0.2) is 5.11 Å². The van der Waals surface area contributed by atoms with E-state index in [0.29, 0.717) is 5.75 Å². The molecule has 1 heteroatoms. The number of hydrogen-bond donors (Lipinski definition) is 1. The Bertz CT molecular complexity index is 570. The molecular weight excluding hydrogens is 232 g/mol. The molecule has 19 heavy (non-hydrogen) atoms. The first-order chi connectivity index (χ1) is 9.19. The molecule has 0 aliphatic heterocycles. The van der Waals surface area contributed by atoms with Crippen LogP contribution >= 0.6 is 0 Å². The van der Waals surface area contributed by atoms with Gasteiger partial charge in [0.15, 0.2) is 0 Å². The van der Waals surface area contributed by atoms with Crippen molar-refractivity contribution in [2.45, 2.75) is 40.0 Å². The van der Waals surface area contributed by atoms with Gasteiger partial charge in [-0.1, -0.05) is 45.0 Å². The van der Waals surface area contributed by atoms with E-state index in [4.69, 9.17) is 0 Å². The lowest BCUT2D eigenvalue weighted by Crippen LogP contribution is -1.94. The van der Waals surface area contributed by atoms with E-state index in [-0.39, 0.29) is 0 Å². The maximum Gasteiger partial charge on any atom is 0.116 e. The van der Waals surface area contributed by atoms with Gasteiger partial charge >= 0.3 is 0 Å². The van der Waals surface area contributed by atoms with Crippen molar-refractivity contribution in [3.05, 3.63) is 53.1 Å². The molecule has 0 spiro atoms. The molecule has 1 nitrogen and oxygen atoms in total. The molecule has 1 N–H and O–H groups in total. The van der Waals surface area contributed by atoms with Crippen LogP contribution in [0.1, 0.15) is 37.5 Å². The third-order valence-electron chi connectivity index (χ3n) is 3.72. The molecule has 0 heterocycles. The van der Waals surface area contributed by atoms with Gasteiger partial charge in [-0.2, -0.15) is 0 Å². The summed E-state index contributed by atoms with van der Waals surface area (Å²) in [5.74, 6) is 0.342. The fraction of sp³-hybridized carbons (Fsp3) is 0.333. The summed E-state index contributed by atoms with van der Waals surface area (Å²) in [5.41, 5.74) is 6.45. The first kappa shape index (κ1) is 13.7. The Hall–Kier alpha value is -1.76. The van der Waals surface area contributed by atoms with Crippen LogP contribution < -0.4 is 0 Å². The molecule has 0 radical (unpaired) electrons. The number of aromatic hydroxyl groups is 1. The molecule has 0 aliphatic carbocycles. The third kappa shape index (κ3) is 2.81. The van der Waals surface area contributed by atoms with E-state index in [2.05, 4.69) is 39.0 Å². The number of hydrogen-bond acceptors (Lipinski definition) is 1. The van der Waals surface area contributed by atoms with Crippen LogP contribution in [0.25, 0.3) is 11.1 Å². The number of rotatable bonds is 4. The zero-order valence-electron chi connectivity index (χ0n) is 12.0. The second kappa shape index (κ2) is 5.92. The van der Waals surface area contributed by atoms with Gasteiger partial charge in [-0.15, -0.1) is 0 Å². The van der Waals surface area contributed by atoms with Crippen molar-refractivity contribution < 1.29 is 5.11 Å². The first-order valence-corrected chi connectivity index (χ1v) is 7.13. The number of aryl methyl sites for hydroxylation is 3. The summed E-state index contributed by atoms with van der Waals surface area (Å²) >= 11 is 0. The van der Waals surface area contributed by atoms with Crippen molar-refractivity contribution in [2.24, 2.45) is 0 Å². The highest BCUT2D eigenvalue weighted by Gasteiger charge is 2.09. The quantitative estimate of drug-likeness (QED) is 0.835. The molecule has 0 fully saturated rings. The summed E-state index contributed by atoms with van der Waals surface area (Å²) in [5, 5.41) is 9.76. The standard InChI is InChI=1S/C18H22O/c1-4-13-7-10-17(15(6-3)11-13)18-12-16(19)9-8-14(18)5-2/h7-12,19H,4-6H2,1-3H3. The van der Waals surface area contributed by atoms with E-state index < -0.39 is 0 Å². The van der Waals surface area contributed by atoms with Crippen LogP contribution in [-0.2, 0) is 19.3 Å². The van der Waals surface area contributed by atoms with Crippen LogP contribution in [0.2, 0.25) is 0 Å².